The van der Waals surface area contributed by atoms with E-state index in [0.717, 1.165) is 38.8 Å². The molecular weight excluding hydrogens is 1210 g/mol. The molecular formula is C58H70ClF6N19O6. The smallest absolute Gasteiger partial charge is 0.310 e. The Morgan fingerprint density at radius 1 is 0.522 bits per heavy atom. The number of hydrogen-bond acceptors (Lipinski definition) is 20. The van der Waals surface area contributed by atoms with Gasteiger partial charge in [0.2, 0.25) is 5.91 Å². The first kappa shape index (κ1) is 70.0. The Balaban J connectivity index is 0.000000198. The quantitative estimate of drug-likeness (QED) is 0.0691. The van der Waals surface area contributed by atoms with Crippen LogP contribution in [0.1, 0.15) is 103 Å². The van der Waals surface area contributed by atoms with Crippen molar-refractivity contribution in [1.29, 1.82) is 0 Å². The van der Waals surface area contributed by atoms with Gasteiger partial charge in [0.1, 0.15) is 51.0 Å². The number of carbonyl (C=O) groups is 3. The Morgan fingerprint density at radius 2 is 0.900 bits per heavy atom. The molecule has 0 spiro atoms. The zero-order valence-corrected chi connectivity index (χ0v) is 49.8. The van der Waals surface area contributed by atoms with Crippen LogP contribution in [-0.4, -0.2) is 137 Å². The van der Waals surface area contributed by atoms with Gasteiger partial charge in [-0.05, 0) is 61.6 Å². The highest BCUT2D eigenvalue weighted by Crippen LogP contribution is 2.32. The molecule has 0 aromatic carbocycles. The van der Waals surface area contributed by atoms with E-state index in [2.05, 4.69) is 80.6 Å². The number of piperidine rings is 2. The molecule has 482 valence electrons. The Bertz CT molecular complexity index is 3860. The predicted octanol–water partition coefficient (Wildman–Crippen LogP) is 9.57. The molecule has 12 rings (SSSR count). The zero-order valence-electron chi connectivity index (χ0n) is 49.0. The van der Waals surface area contributed by atoms with Crippen molar-refractivity contribution >= 4 is 58.0 Å². The van der Waals surface area contributed by atoms with E-state index in [9.17, 15) is 40.7 Å². The molecule has 3 aliphatic rings. The van der Waals surface area contributed by atoms with Gasteiger partial charge in [0, 0.05) is 63.4 Å². The van der Waals surface area contributed by atoms with Gasteiger partial charge in [-0.2, -0.15) is 0 Å². The van der Waals surface area contributed by atoms with Gasteiger partial charge in [0.05, 0.1) is 69.2 Å². The van der Waals surface area contributed by atoms with E-state index in [1.807, 2.05) is 9.80 Å². The van der Waals surface area contributed by atoms with Crippen LogP contribution in [0.4, 0.5) is 38.0 Å². The van der Waals surface area contributed by atoms with Crippen molar-refractivity contribution in [3.05, 3.63) is 115 Å². The third-order valence-electron chi connectivity index (χ3n) is 14.9. The molecule has 2 aliphatic heterocycles. The summed E-state index contributed by atoms with van der Waals surface area (Å²) in [5.41, 5.74) is 7.19. The van der Waals surface area contributed by atoms with Crippen molar-refractivity contribution < 1.29 is 55.7 Å². The fourth-order valence-corrected chi connectivity index (χ4v) is 10.9. The van der Waals surface area contributed by atoms with Gasteiger partial charge in [-0.3, -0.25) is 27.6 Å². The second kappa shape index (κ2) is 31.4. The number of anilines is 2. The topological polar surface area (TPSA) is 337 Å². The first-order valence-corrected chi connectivity index (χ1v) is 28.1. The molecule has 90 heavy (non-hydrogen) atoms. The number of methoxy groups -OCH3 is 2. The lowest BCUT2D eigenvalue weighted by Crippen LogP contribution is -2.44. The van der Waals surface area contributed by atoms with Gasteiger partial charge < -0.3 is 36.6 Å². The fraction of sp³-hybridized carbons (Fsp3) is 0.431. The third-order valence-corrected chi connectivity index (χ3v) is 15.1. The number of halogens is 7. The molecule has 0 radical (unpaired) electrons. The van der Waals surface area contributed by atoms with E-state index < -0.39 is 19.3 Å². The molecule has 7 N–H and O–H groups in total. The minimum absolute atomic E-state index is 0. The van der Waals surface area contributed by atoms with Gasteiger partial charge in [0.25, 0.3) is 19.3 Å². The Kier molecular flexibility index (Phi) is 24.4. The summed E-state index contributed by atoms with van der Waals surface area (Å²) in [6.45, 7) is 8.82. The van der Waals surface area contributed by atoms with E-state index in [0.29, 0.717) is 94.0 Å². The number of hydrogen-bond donors (Lipinski definition) is 2. The minimum Gasteiger partial charge on any atom is -0.469 e. The Hall–Kier alpha value is -9.10. The Morgan fingerprint density at radius 3 is 1.29 bits per heavy atom. The number of fused-ring (bicyclic) bond motifs is 3. The van der Waals surface area contributed by atoms with E-state index >= 15 is 0 Å². The molecule has 32 heteroatoms. The van der Waals surface area contributed by atoms with Crippen LogP contribution in [-0.2, 0) is 23.9 Å². The summed E-state index contributed by atoms with van der Waals surface area (Å²) in [6, 6.07) is 5.06. The number of alkyl halides is 6. The van der Waals surface area contributed by atoms with E-state index in [1.54, 1.807) is 24.5 Å². The first-order chi connectivity index (χ1) is 41.8. The normalized spacial score (nSPS) is 18.8. The minimum atomic E-state index is -2.69. The molecule has 0 bridgehead atoms. The van der Waals surface area contributed by atoms with Crippen molar-refractivity contribution in [2.24, 2.45) is 41.2 Å². The molecule has 1 amide bonds. The number of aromatic nitrogens is 15. The average Bonchev–Trinajstić information content (AvgIpc) is 1.92. The van der Waals surface area contributed by atoms with E-state index in [1.165, 1.54) is 108 Å². The summed E-state index contributed by atoms with van der Waals surface area (Å²) < 4.78 is 91.5. The SMILES string of the molecule is C.CC1CC(C(N)=O)CN(c2ccnc(-c3cnc4cnc(C(F)F)cn34)n2)C1.COC(=O)C1CC(C)CN(c2ccnc(-c3cnc4cnc(C(F)F)cn34)n2)C1.COC(=O)C1CCCC(C)C1.FC(F)c1cn2c(-c3nccc(Cl)n3)cnc2cn1.N.O. The van der Waals surface area contributed by atoms with Crippen LogP contribution in [0.25, 0.3) is 51.5 Å². The van der Waals surface area contributed by atoms with Crippen LogP contribution in [0.2, 0.25) is 5.15 Å². The lowest BCUT2D eigenvalue weighted by atomic mass is 9.82. The number of primary amides is 1. The number of nitrogens with zero attached hydrogens (tertiary/aromatic N) is 17. The maximum atomic E-state index is 13.0. The molecule has 9 aromatic heterocycles. The zero-order chi connectivity index (χ0) is 62.1. The fourth-order valence-electron chi connectivity index (χ4n) is 10.7. The van der Waals surface area contributed by atoms with Crippen molar-refractivity contribution in [3.8, 4) is 34.6 Å². The summed E-state index contributed by atoms with van der Waals surface area (Å²) in [4.78, 5) is 88.1. The van der Waals surface area contributed by atoms with Gasteiger partial charge in [0.15, 0.2) is 34.4 Å². The lowest BCUT2D eigenvalue weighted by molar-refractivity contribution is -0.147. The van der Waals surface area contributed by atoms with Gasteiger partial charge >= 0.3 is 11.9 Å². The standard InChI is InChI=1S/C19H20F2N6O2.C18H19F2N7O.C11H6ClF2N5.C9H16O2.CH4.H3N.H2O/c1-11-5-12(19(28)29-2)9-26(8-11)15-3-4-22-18(25-15)14-6-24-16-7-23-13(17(20)21)10-27(14)16;1-10-4-11(17(21)28)8-26(7-10)14-2-3-22-18(25-14)13-5-24-15-6-23-12(16(19)20)9-27(13)15;12-8-1-2-15-11(18-8)7-3-17-9-4-16-6(10(13)14)5-19(7)9;1-7-4-3-5-8(6-7)9(10)11-2;;;/h3-4,6-7,10-12,17H,5,8-9H2,1-2H3;2-3,5-6,9-11,16H,4,7-8H2,1H3,(H2,21,28);1-5,10H;7-8H,3-6H2,1-2H3;1H4;1H3;1H2. The number of imidazole rings is 3. The number of rotatable bonds is 11. The molecule has 11 heterocycles. The van der Waals surface area contributed by atoms with Crippen molar-refractivity contribution in [2.75, 3.05) is 50.2 Å². The van der Waals surface area contributed by atoms with Gasteiger partial charge in [-0.15, -0.1) is 0 Å². The molecule has 1 saturated carbocycles. The van der Waals surface area contributed by atoms with Crippen LogP contribution in [0.15, 0.2) is 92.6 Å². The van der Waals surface area contributed by atoms with Crippen LogP contribution in [0.5, 0.6) is 0 Å². The molecule has 25 nitrogen and oxygen atoms in total. The number of ether oxygens (including phenoxy) is 2. The molecule has 6 unspecified atom stereocenters. The Labute approximate surface area is 517 Å². The van der Waals surface area contributed by atoms with E-state index in [4.69, 9.17) is 26.8 Å². The first-order valence-electron chi connectivity index (χ1n) is 27.7. The second-order valence-electron chi connectivity index (χ2n) is 21.4. The molecule has 2 saturated heterocycles. The van der Waals surface area contributed by atoms with Crippen molar-refractivity contribution in [3.63, 3.8) is 0 Å². The predicted molar refractivity (Wildman–Crippen MR) is 321 cm³/mol. The highest BCUT2D eigenvalue weighted by atomic mass is 35.5. The highest BCUT2D eigenvalue weighted by Gasteiger charge is 2.33. The monoisotopic (exact) mass is 1280 g/mol. The van der Waals surface area contributed by atoms with Crippen LogP contribution < -0.4 is 21.7 Å². The lowest BCUT2D eigenvalue weighted by Gasteiger charge is -2.36. The maximum absolute atomic E-state index is 13.0. The molecule has 6 atom stereocenters. The number of carbonyl (C=O) groups excluding carboxylic acids is 3. The van der Waals surface area contributed by atoms with Crippen molar-refractivity contribution in [1.82, 2.24) is 79.2 Å². The summed E-state index contributed by atoms with van der Waals surface area (Å²) in [7, 11) is 2.86. The maximum Gasteiger partial charge on any atom is 0.310 e. The molecule has 9 aromatic rings. The van der Waals surface area contributed by atoms with Gasteiger partial charge in [-0.25, -0.2) is 86.2 Å². The number of amides is 1. The van der Waals surface area contributed by atoms with Crippen LogP contribution >= 0.6 is 11.6 Å². The highest BCUT2D eigenvalue weighted by molar-refractivity contribution is 6.29. The van der Waals surface area contributed by atoms with Crippen LogP contribution in [0, 0.1) is 35.5 Å². The summed E-state index contributed by atoms with van der Waals surface area (Å²) in [5, 5.41) is 0.267. The summed E-state index contributed by atoms with van der Waals surface area (Å²) in [5.74, 6) is 2.77. The van der Waals surface area contributed by atoms with E-state index in [-0.39, 0.29) is 76.9 Å². The summed E-state index contributed by atoms with van der Waals surface area (Å²) in [6.07, 6.45) is 14.8. The third kappa shape index (κ3) is 16.8. The van der Waals surface area contributed by atoms with Crippen LogP contribution in [0.3, 0.4) is 0 Å². The largest absolute Gasteiger partial charge is 0.469 e. The summed E-state index contributed by atoms with van der Waals surface area (Å²) >= 11 is 5.78. The number of esters is 2. The molecule has 1 aliphatic carbocycles. The van der Waals surface area contributed by atoms with Crippen molar-refractivity contribution in [2.45, 2.75) is 86.0 Å². The van der Waals surface area contributed by atoms with Gasteiger partial charge in [-0.1, -0.05) is 52.6 Å². The second-order valence-corrected chi connectivity index (χ2v) is 21.8. The molecule has 3 fully saturated rings. The number of nitrogens with two attached hydrogens (primary N) is 1. The average molecular weight is 1280 g/mol.